The minimum Gasteiger partial charge on any atom is -0.291 e. The Morgan fingerprint density at radius 2 is 1.06 bits per heavy atom. The highest BCUT2D eigenvalue weighted by Gasteiger charge is 2.21. The molecule has 4 heteroatoms. The number of carbonyl (C=O) groups is 4. The molecule has 4 nitrogen and oxygen atoms in total. The summed E-state index contributed by atoms with van der Waals surface area (Å²) in [6, 6.07) is 5.79. The quantitative estimate of drug-likeness (QED) is 0.563. The molecular weight excluding hydrogens is 208 g/mol. The van der Waals surface area contributed by atoms with Crippen molar-refractivity contribution < 1.29 is 19.2 Å². The molecule has 0 unspecified atom stereocenters. The number of rotatable bonds is 4. The summed E-state index contributed by atoms with van der Waals surface area (Å²) in [5.74, 6) is -2.84. The van der Waals surface area contributed by atoms with Gasteiger partial charge in [0.25, 0.3) is 0 Å². The highest BCUT2D eigenvalue weighted by Crippen LogP contribution is 2.11. The maximum Gasteiger partial charge on any atom is 0.229 e. The van der Waals surface area contributed by atoms with E-state index in [0.29, 0.717) is 0 Å². The van der Waals surface area contributed by atoms with Crippen LogP contribution in [0.15, 0.2) is 24.3 Å². The van der Waals surface area contributed by atoms with Crippen LogP contribution in [-0.2, 0) is 9.59 Å². The molecule has 0 aliphatic rings. The van der Waals surface area contributed by atoms with E-state index in [2.05, 4.69) is 0 Å². The molecule has 16 heavy (non-hydrogen) atoms. The summed E-state index contributed by atoms with van der Waals surface area (Å²) in [6.07, 6.45) is 0. The van der Waals surface area contributed by atoms with Crippen LogP contribution in [0.5, 0.6) is 0 Å². The molecule has 0 atom stereocenters. The van der Waals surface area contributed by atoms with Crippen LogP contribution in [0.25, 0.3) is 0 Å². The summed E-state index contributed by atoms with van der Waals surface area (Å²) >= 11 is 0. The van der Waals surface area contributed by atoms with Crippen molar-refractivity contribution in [1.29, 1.82) is 0 Å². The zero-order chi connectivity index (χ0) is 12.3. The Balaban J connectivity index is 3.31. The molecule has 0 spiro atoms. The SMILES string of the molecule is CC(=O)C(=O)c1ccccc1C(=O)C(C)=O. The third-order valence-electron chi connectivity index (χ3n) is 2.06. The molecule has 82 valence electrons. The highest BCUT2D eigenvalue weighted by atomic mass is 16.2. The lowest BCUT2D eigenvalue weighted by Crippen LogP contribution is -2.18. The topological polar surface area (TPSA) is 68.3 Å². The molecule has 0 saturated heterocycles. The minimum atomic E-state index is -0.759. The van der Waals surface area contributed by atoms with Gasteiger partial charge < -0.3 is 0 Å². The molecule has 1 aromatic rings. The van der Waals surface area contributed by atoms with Gasteiger partial charge in [-0.2, -0.15) is 0 Å². The van der Waals surface area contributed by atoms with Crippen molar-refractivity contribution in [3.05, 3.63) is 35.4 Å². The first-order valence-electron chi connectivity index (χ1n) is 4.64. The van der Waals surface area contributed by atoms with Crippen molar-refractivity contribution in [2.24, 2.45) is 0 Å². The first kappa shape index (κ1) is 12.0. The van der Waals surface area contributed by atoms with Crippen LogP contribution in [0.3, 0.4) is 0 Å². The molecule has 1 rings (SSSR count). The Morgan fingerprint density at radius 1 is 0.750 bits per heavy atom. The van der Waals surface area contributed by atoms with E-state index >= 15 is 0 Å². The van der Waals surface area contributed by atoms with Gasteiger partial charge in [0, 0.05) is 25.0 Å². The second kappa shape index (κ2) is 4.61. The standard InChI is InChI=1S/C12H10O4/c1-7(13)11(15)9-5-3-4-6-10(9)12(16)8(2)14/h3-6H,1-2H3. The van der Waals surface area contributed by atoms with Gasteiger partial charge in [0.05, 0.1) is 0 Å². The van der Waals surface area contributed by atoms with Crippen molar-refractivity contribution in [2.75, 3.05) is 0 Å². The fourth-order valence-electron chi connectivity index (χ4n) is 1.26. The average Bonchev–Trinajstić information content (AvgIpc) is 2.26. The highest BCUT2D eigenvalue weighted by molar-refractivity contribution is 6.49. The van der Waals surface area contributed by atoms with Gasteiger partial charge in [-0.1, -0.05) is 24.3 Å². The molecule has 0 heterocycles. The van der Waals surface area contributed by atoms with Crippen molar-refractivity contribution in [1.82, 2.24) is 0 Å². The number of Topliss-reactive ketones (excluding diaryl/α,β-unsaturated/α-hetero) is 4. The van der Waals surface area contributed by atoms with E-state index < -0.39 is 23.1 Å². The summed E-state index contributed by atoms with van der Waals surface area (Å²) in [5.41, 5.74) is -0.0367. The normalized spacial score (nSPS) is 9.62. The van der Waals surface area contributed by atoms with Crippen LogP contribution in [0, 0.1) is 0 Å². The maximum atomic E-state index is 11.5. The number of hydrogen-bond donors (Lipinski definition) is 0. The number of carbonyl (C=O) groups excluding carboxylic acids is 4. The monoisotopic (exact) mass is 218 g/mol. The Kier molecular flexibility index (Phi) is 3.45. The Labute approximate surface area is 92.3 Å². The van der Waals surface area contributed by atoms with Gasteiger partial charge in [-0.3, -0.25) is 19.2 Å². The molecule has 0 aliphatic carbocycles. The van der Waals surface area contributed by atoms with Gasteiger partial charge in [0.2, 0.25) is 11.6 Å². The Morgan fingerprint density at radius 3 is 1.31 bits per heavy atom. The van der Waals surface area contributed by atoms with Gasteiger partial charge in [-0.05, 0) is 0 Å². The maximum absolute atomic E-state index is 11.5. The zero-order valence-electron chi connectivity index (χ0n) is 8.94. The molecule has 0 fully saturated rings. The Hall–Kier alpha value is -2.10. The van der Waals surface area contributed by atoms with Gasteiger partial charge >= 0.3 is 0 Å². The predicted octanol–water partition coefficient (Wildman–Crippen LogP) is 1.23. The lowest BCUT2D eigenvalue weighted by molar-refractivity contribution is -0.114. The van der Waals surface area contributed by atoms with E-state index in [4.69, 9.17) is 0 Å². The third-order valence-corrected chi connectivity index (χ3v) is 2.06. The number of benzene rings is 1. The number of hydrogen-bond acceptors (Lipinski definition) is 4. The third kappa shape index (κ3) is 2.28. The van der Waals surface area contributed by atoms with E-state index in [1.54, 1.807) is 0 Å². The fraction of sp³-hybridized carbons (Fsp3) is 0.167. The lowest BCUT2D eigenvalue weighted by atomic mass is 9.97. The smallest absolute Gasteiger partial charge is 0.229 e. The van der Waals surface area contributed by atoms with E-state index in [0.717, 1.165) is 13.8 Å². The van der Waals surface area contributed by atoms with Crippen LogP contribution in [-0.4, -0.2) is 23.1 Å². The molecule has 0 bridgehead atoms. The van der Waals surface area contributed by atoms with Gasteiger partial charge in [-0.25, -0.2) is 0 Å². The first-order chi connectivity index (χ1) is 7.45. The van der Waals surface area contributed by atoms with Crippen LogP contribution in [0.1, 0.15) is 34.6 Å². The first-order valence-corrected chi connectivity index (χ1v) is 4.64. The molecule has 0 radical (unpaired) electrons. The second-order valence-corrected chi connectivity index (χ2v) is 3.32. The fourth-order valence-corrected chi connectivity index (χ4v) is 1.26. The molecule has 0 aromatic heterocycles. The van der Waals surface area contributed by atoms with Crippen molar-refractivity contribution in [3.63, 3.8) is 0 Å². The van der Waals surface area contributed by atoms with E-state index in [1.807, 2.05) is 0 Å². The second-order valence-electron chi connectivity index (χ2n) is 3.32. The molecule has 0 N–H and O–H groups in total. The molecule has 0 aliphatic heterocycles. The predicted molar refractivity (Wildman–Crippen MR) is 56.5 cm³/mol. The van der Waals surface area contributed by atoms with Crippen LogP contribution >= 0.6 is 0 Å². The van der Waals surface area contributed by atoms with E-state index in [9.17, 15) is 19.2 Å². The summed E-state index contributed by atoms with van der Waals surface area (Å²) in [6.45, 7) is 2.24. The van der Waals surface area contributed by atoms with Crippen LogP contribution < -0.4 is 0 Å². The molecule has 0 amide bonds. The molecule has 1 aromatic carbocycles. The summed E-state index contributed by atoms with van der Waals surface area (Å²) in [4.78, 5) is 44.8. The van der Waals surface area contributed by atoms with E-state index in [1.165, 1.54) is 24.3 Å². The van der Waals surface area contributed by atoms with Crippen LogP contribution in [0.2, 0.25) is 0 Å². The summed E-state index contributed by atoms with van der Waals surface area (Å²) in [7, 11) is 0. The minimum absolute atomic E-state index is 0.0183. The van der Waals surface area contributed by atoms with Crippen LogP contribution in [0.4, 0.5) is 0 Å². The van der Waals surface area contributed by atoms with Crippen molar-refractivity contribution in [3.8, 4) is 0 Å². The molecule has 0 saturated carbocycles. The summed E-state index contributed by atoms with van der Waals surface area (Å²) < 4.78 is 0. The lowest BCUT2D eigenvalue weighted by Gasteiger charge is -2.03. The average molecular weight is 218 g/mol. The summed E-state index contributed by atoms with van der Waals surface area (Å²) in [5, 5.41) is 0. The van der Waals surface area contributed by atoms with E-state index in [-0.39, 0.29) is 11.1 Å². The Bertz CT molecular complexity index is 441. The van der Waals surface area contributed by atoms with Crippen molar-refractivity contribution >= 4 is 23.1 Å². The zero-order valence-corrected chi connectivity index (χ0v) is 8.94. The van der Waals surface area contributed by atoms with Gasteiger partial charge in [-0.15, -0.1) is 0 Å². The molecular formula is C12H10O4. The van der Waals surface area contributed by atoms with Gasteiger partial charge in [0.15, 0.2) is 11.6 Å². The largest absolute Gasteiger partial charge is 0.291 e. The van der Waals surface area contributed by atoms with Gasteiger partial charge in [0.1, 0.15) is 0 Å². The number of ketones is 4. The van der Waals surface area contributed by atoms with Crippen molar-refractivity contribution in [2.45, 2.75) is 13.8 Å².